The zero-order chi connectivity index (χ0) is 15.3. The van der Waals surface area contributed by atoms with E-state index in [1.54, 1.807) is 32.0 Å². The van der Waals surface area contributed by atoms with Crippen LogP contribution in [0.25, 0.3) is 0 Å². The minimum Gasteiger partial charge on any atom is -0.478 e. The van der Waals surface area contributed by atoms with Crippen LogP contribution in [0.15, 0.2) is 24.3 Å². The predicted molar refractivity (Wildman–Crippen MR) is 73.1 cm³/mol. The zero-order valence-electron chi connectivity index (χ0n) is 11.5. The Kier molecular flexibility index (Phi) is 4.85. The van der Waals surface area contributed by atoms with E-state index >= 15 is 0 Å². The van der Waals surface area contributed by atoms with Crippen LogP contribution in [-0.4, -0.2) is 29.4 Å². The van der Waals surface area contributed by atoms with Crippen molar-refractivity contribution in [2.75, 3.05) is 6.54 Å². The Hall–Kier alpha value is -2.37. The minimum absolute atomic E-state index is 0.0582. The highest BCUT2D eigenvalue weighted by atomic mass is 16.4. The molecule has 20 heavy (non-hydrogen) atoms. The van der Waals surface area contributed by atoms with Crippen LogP contribution in [0.2, 0.25) is 0 Å². The van der Waals surface area contributed by atoms with Gasteiger partial charge in [0.25, 0.3) is 0 Å². The number of hydrogen-bond donors (Lipinski definition) is 3. The van der Waals surface area contributed by atoms with Gasteiger partial charge in [-0.1, -0.05) is 18.2 Å². The molecule has 0 aromatic heterocycles. The fraction of sp³-hybridized carbons (Fsp3) is 0.357. The number of carboxylic acids is 1. The first-order valence-electron chi connectivity index (χ1n) is 6.12. The van der Waals surface area contributed by atoms with E-state index in [1.807, 2.05) is 0 Å². The molecule has 0 radical (unpaired) electrons. The van der Waals surface area contributed by atoms with Crippen molar-refractivity contribution < 1.29 is 19.5 Å². The van der Waals surface area contributed by atoms with Gasteiger partial charge in [0.15, 0.2) is 0 Å². The van der Waals surface area contributed by atoms with Crippen molar-refractivity contribution in [3.63, 3.8) is 0 Å². The first kappa shape index (κ1) is 15.7. The number of nitrogens with one attached hydrogen (secondary N) is 1. The van der Waals surface area contributed by atoms with Crippen LogP contribution in [0.1, 0.15) is 29.8 Å². The second-order valence-electron chi connectivity index (χ2n) is 5.16. The largest absolute Gasteiger partial charge is 0.478 e. The lowest BCUT2D eigenvalue weighted by molar-refractivity contribution is -0.126. The monoisotopic (exact) mass is 278 g/mol. The van der Waals surface area contributed by atoms with Crippen LogP contribution in [0.3, 0.4) is 0 Å². The summed E-state index contributed by atoms with van der Waals surface area (Å²) in [5.41, 5.74) is 4.88. The number of carbonyl (C=O) groups is 3. The van der Waals surface area contributed by atoms with Gasteiger partial charge in [0.1, 0.15) is 0 Å². The Bertz CT molecular complexity index is 538. The third kappa shape index (κ3) is 4.08. The highest BCUT2D eigenvalue weighted by Crippen LogP contribution is 2.13. The van der Waals surface area contributed by atoms with Crippen molar-refractivity contribution in [1.82, 2.24) is 5.32 Å². The van der Waals surface area contributed by atoms with E-state index in [9.17, 15) is 14.4 Å². The molecule has 1 rings (SSSR count). The lowest BCUT2D eigenvalue weighted by Gasteiger charge is -2.20. The summed E-state index contributed by atoms with van der Waals surface area (Å²) < 4.78 is 0. The van der Waals surface area contributed by atoms with Gasteiger partial charge in [-0.05, 0) is 25.5 Å². The summed E-state index contributed by atoms with van der Waals surface area (Å²) in [6.45, 7) is 3.36. The molecule has 6 heteroatoms. The topological polar surface area (TPSA) is 109 Å². The van der Waals surface area contributed by atoms with Crippen LogP contribution in [0.5, 0.6) is 0 Å². The summed E-state index contributed by atoms with van der Waals surface area (Å²) in [7, 11) is 0. The van der Waals surface area contributed by atoms with Crippen LogP contribution < -0.4 is 11.1 Å². The summed E-state index contributed by atoms with van der Waals surface area (Å²) in [6.07, 6.45) is -0.0582. The van der Waals surface area contributed by atoms with Crippen LogP contribution in [0.4, 0.5) is 0 Å². The maximum absolute atomic E-state index is 11.8. The maximum Gasteiger partial charge on any atom is 0.335 e. The van der Waals surface area contributed by atoms with E-state index < -0.39 is 17.3 Å². The van der Waals surface area contributed by atoms with E-state index in [2.05, 4.69) is 5.32 Å². The van der Waals surface area contributed by atoms with Crippen LogP contribution >= 0.6 is 0 Å². The first-order chi connectivity index (χ1) is 9.24. The first-order valence-corrected chi connectivity index (χ1v) is 6.12. The molecule has 0 aliphatic heterocycles. The molecule has 1 aromatic carbocycles. The molecule has 0 heterocycles. The number of primary amides is 1. The lowest BCUT2D eigenvalue weighted by atomic mass is 9.92. The highest BCUT2D eigenvalue weighted by Gasteiger charge is 2.25. The summed E-state index contributed by atoms with van der Waals surface area (Å²) in [5, 5.41) is 11.6. The molecular weight excluding hydrogens is 260 g/mol. The number of hydrogen-bond acceptors (Lipinski definition) is 3. The number of carbonyl (C=O) groups excluding carboxylic acids is 2. The van der Waals surface area contributed by atoms with Gasteiger partial charge >= 0.3 is 5.97 Å². The number of rotatable bonds is 6. The third-order valence-corrected chi connectivity index (χ3v) is 2.99. The van der Waals surface area contributed by atoms with Crippen molar-refractivity contribution in [1.29, 1.82) is 0 Å². The van der Waals surface area contributed by atoms with Crippen molar-refractivity contribution in [3.8, 4) is 0 Å². The SMILES string of the molecule is CC(C)(CNC(=O)Cc1ccccc1C(=O)O)C(N)=O. The summed E-state index contributed by atoms with van der Waals surface area (Å²) in [4.78, 5) is 33.9. The van der Waals surface area contributed by atoms with E-state index in [4.69, 9.17) is 10.8 Å². The third-order valence-electron chi connectivity index (χ3n) is 2.99. The Morgan fingerprint density at radius 1 is 1.25 bits per heavy atom. The fourth-order valence-corrected chi connectivity index (χ4v) is 1.53. The Morgan fingerprint density at radius 2 is 1.85 bits per heavy atom. The number of benzene rings is 1. The predicted octanol–water partition coefficient (Wildman–Crippen LogP) is 0.555. The van der Waals surface area contributed by atoms with Crippen molar-refractivity contribution in [3.05, 3.63) is 35.4 Å². The molecule has 0 aliphatic rings. The average Bonchev–Trinajstić information content (AvgIpc) is 2.36. The summed E-state index contributed by atoms with van der Waals surface area (Å²) in [5.74, 6) is -1.94. The minimum atomic E-state index is -1.08. The molecule has 0 spiro atoms. The molecule has 0 bridgehead atoms. The molecule has 2 amide bonds. The Labute approximate surface area is 117 Å². The molecule has 0 unspecified atom stereocenters. The van der Waals surface area contributed by atoms with Gasteiger partial charge in [0.2, 0.25) is 11.8 Å². The highest BCUT2D eigenvalue weighted by molar-refractivity contribution is 5.91. The van der Waals surface area contributed by atoms with Gasteiger partial charge in [0, 0.05) is 6.54 Å². The van der Waals surface area contributed by atoms with Gasteiger partial charge in [-0.2, -0.15) is 0 Å². The number of carboxylic acid groups (broad SMARTS) is 1. The molecule has 6 nitrogen and oxygen atoms in total. The van der Waals surface area contributed by atoms with E-state index in [1.165, 1.54) is 6.07 Å². The van der Waals surface area contributed by atoms with Crippen LogP contribution in [-0.2, 0) is 16.0 Å². The van der Waals surface area contributed by atoms with Gasteiger partial charge in [-0.15, -0.1) is 0 Å². The maximum atomic E-state index is 11.8. The standard InChI is InChI=1S/C14H18N2O4/c1-14(2,13(15)20)8-16-11(17)7-9-5-3-4-6-10(9)12(18)19/h3-6H,7-8H2,1-2H3,(H2,15,20)(H,16,17)(H,18,19). The fourth-order valence-electron chi connectivity index (χ4n) is 1.53. The van der Waals surface area contributed by atoms with E-state index in [-0.39, 0.29) is 24.4 Å². The Morgan fingerprint density at radius 3 is 2.40 bits per heavy atom. The van der Waals surface area contributed by atoms with E-state index in [0.29, 0.717) is 5.56 Å². The quantitative estimate of drug-likeness (QED) is 0.706. The van der Waals surface area contributed by atoms with Crippen molar-refractivity contribution in [2.24, 2.45) is 11.1 Å². The van der Waals surface area contributed by atoms with Gasteiger partial charge < -0.3 is 16.2 Å². The molecule has 4 N–H and O–H groups in total. The summed E-state index contributed by atoms with van der Waals surface area (Å²) in [6, 6.07) is 6.30. The average molecular weight is 278 g/mol. The normalized spacial score (nSPS) is 10.9. The van der Waals surface area contributed by atoms with Crippen molar-refractivity contribution >= 4 is 17.8 Å². The van der Waals surface area contributed by atoms with E-state index in [0.717, 1.165) is 0 Å². The zero-order valence-corrected chi connectivity index (χ0v) is 11.5. The summed E-state index contributed by atoms with van der Waals surface area (Å²) >= 11 is 0. The van der Waals surface area contributed by atoms with Gasteiger partial charge in [-0.3, -0.25) is 9.59 Å². The van der Waals surface area contributed by atoms with Gasteiger partial charge in [-0.25, -0.2) is 4.79 Å². The lowest BCUT2D eigenvalue weighted by Crippen LogP contribution is -2.42. The number of nitrogens with two attached hydrogens (primary N) is 1. The molecule has 0 saturated carbocycles. The molecule has 0 fully saturated rings. The smallest absolute Gasteiger partial charge is 0.335 e. The number of aromatic carboxylic acids is 1. The molecular formula is C14H18N2O4. The van der Waals surface area contributed by atoms with Crippen molar-refractivity contribution in [2.45, 2.75) is 20.3 Å². The van der Waals surface area contributed by atoms with Crippen LogP contribution in [0, 0.1) is 5.41 Å². The molecule has 0 saturated heterocycles. The Balaban J connectivity index is 2.69. The second-order valence-corrected chi connectivity index (χ2v) is 5.16. The van der Waals surface area contributed by atoms with Gasteiger partial charge in [0.05, 0.1) is 17.4 Å². The molecule has 0 aliphatic carbocycles. The number of amides is 2. The second kappa shape index (κ2) is 6.18. The molecule has 0 atom stereocenters. The molecule has 108 valence electrons. The molecule has 1 aromatic rings.